The van der Waals surface area contributed by atoms with Crippen LogP contribution in [0.4, 0.5) is 0 Å². The van der Waals surface area contributed by atoms with E-state index in [4.69, 9.17) is 0 Å². The van der Waals surface area contributed by atoms with E-state index in [2.05, 4.69) is 16.8 Å². The number of hydrogen-bond donors (Lipinski definition) is 0. The van der Waals surface area contributed by atoms with Crippen molar-refractivity contribution in [3.63, 3.8) is 0 Å². The second kappa shape index (κ2) is 4.51. The van der Waals surface area contributed by atoms with Crippen LogP contribution >= 0.6 is 0 Å². The SMILES string of the molecule is CCN1C(=O)CC(N2CCN(C)CC2)C1=O. The van der Waals surface area contributed by atoms with Crippen LogP contribution in [0.3, 0.4) is 0 Å². The predicted octanol–water partition coefficient (Wildman–Crippen LogP) is -0.619. The average Bonchev–Trinajstić information content (AvgIpc) is 2.55. The first kappa shape index (κ1) is 11.5. The molecule has 0 aromatic heterocycles. The van der Waals surface area contributed by atoms with E-state index in [1.54, 1.807) is 0 Å². The molecular weight excluding hydrogens is 206 g/mol. The van der Waals surface area contributed by atoms with Crippen molar-refractivity contribution in [1.29, 1.82) is 0 Å². The highest BCUT2D eigenvalue weighted by Crippen LogP contribution is 2.19. The summed E-state index contributed by atoms with van der Waals surface area (Å²) in [4.78, 5) is 29.4. The van der Waals surface area contributed by atoms with E-state index in [9.17, 15) is 9.59 Å². The largest absolute Gasteiger partial charge is 0.304 e. The summed E-state index contributed by atoms with van der Waals surface area (Å²) in [5.74, 6) is -0.0199. The molecule has 2 aliphatic rings. The molecule has 2 saturated heterocycles. The summed E-state index contributed by atoms with van der Waals surface area (Å²) < 4.78 is 0. The topological polar surface area (TPSA) is 43.9 Å². The molecule has 1 atom stereocenters. The molecule has 2 aliphatic heterocycles. The van der Waals surface area contributed by atoms with E-state index >= 15 is 0 Å². The number of likely N-dealkylation sites (N-methyl/N-ethyl adjacent to an activating group) is 2. The highest BCUT2D eigenvalue weighted by atomic mass is 16.2. The maximum atomic E-state index is 12.0. The summed E-state index contributed by atoms with van der Waals surface area (Å²) in [5.41, 5.74) is 0. The number of piperazine rings is 1. The van der Waals surface area contributed by atoms with Gasteiger partial charge in [-0.3, -0.25) is 19.4 Å². The van der Waals surface area contributed by atoms with Crippen molar-refractivity contribution in [2.24, 2.45) is 0 Å². The number of amides is 2. The molecule has 0 aromatic carbocycles. The van der Waals surface area contributed by atoms with Gasteiger partial charge in [-0.2, -0.15) is 0 Å². The van der Waals surface area contributed by atoms with Crippen molar-refractivity contribution in [2.45, 2.75) is 19.4 Å². The van der Waals surface area contributed by atoms with Crippen molar-refractivity contribution in [2.75, 3.05) is 39.8 Å². The van der Waals surface area contributed by atoms with Gasteiger partial charge in [0.2, 0.25) is 11.8 Å². The average molecular weight is 225 g/mol. The standard InChI is InChI=1S/C11H19N3O2/c1-3-14-10(15)8-9(11(14)16)13-6-4-12(2)5-7-13/h9H,3-8H2,1-2H3. The second-order valence-electron chi connectivity index (χ2n) is 4.54. The van der Waals surface area contributed by atoms with Gasteiger partial charge in [0.25, 0.3) is 0 Å². The molecule has 0 aliphatic carbocycles. The minimum absolute atomic E-state index is 0.00273. The molecular formula is C11H19N3O2. The Kier molecular flexibility index (Phi) is 3.25. The lowest BCUT2D eigenvalue weighted by Gasteiger charge is -2.35. The predicted molar refractivity (Wildman–Crippen MR) is 59.9 cm³/mol. The number of imide groups is 1. The Balaban J connectivity index is 2.01. The van der Waals surface area contributed by atoms with Gasteiger partial charge in [0.1, 0.15) is 0 Å². The highest BCUT2D eigenvalue weighted by Gasteiger charge is 2.41. The van der Waals surface area contributed by atoms with Crippen molar-refractivity contribution >= 4 is 11.8 Å². The molecule has 2 heterocycles. The van der Waals surface area contributed by atoms with Crippen molar-refractivity contribution < 1.29 is 9.59 Å². The van der Waals surface area contributed by atoms with Crippen LogP contribution in [0.25, 0.3) is 0 Å². The molecule has 2 rings (SSSR count). The molecule has 0 bridgehead atoms. The number of likely N-dealkylation sites (tertiary alicyclic amines) is 1. The fraction of sp³-hybridized carbons (Fsp3) is 0.818. The van der Waals surface area contributed by atoms with Gasteiger partial charge < -0.3 is 4.90 Å². The second-order valence-corrected chi connectivity index (χ2v) is 4.54. The van der Waals surface area contributed by atoms with E-state index < -0.39 is 0 Å². The van der Waals surface area contributed by atoms with Crippen molar-refractivity contribution in [1.82, 2.24) is 14.7 Å². The maximum Gasteiger partial charge on any atom is 0.247 e. The number of nitrogens with zero attached hydrogens (tertiary/aromatic N) is 3. The lowest BCUT2D eigenvalue weighted by Crippen LogP contribution is -2.51. The summed E-state index contributed by atoms with van der Waals surface area (Å²) in [6, 6.07) is -0.193. The van der Waals surface area contributed by atoms with E-state index in [1.807, 2.05) is 6.92 Å². The lowest BCUT2D eigenvalue weighted by molar-refractivity contribution is -0.139. The Bertz CT molecular complexity index is 298. The van der Waals surface area contributed by atoms with E-state index in [-0.39, 0.29) is 17.9 Å². The molecule has 0 aromatic rings. The van der Waals surface area contributed by atoms with Gasteiger partial charge in [-0.1, -0.05) is 0 Å². The van der Waals surface area contributed by atoms with E-state index in [0.29, 0.717) is 13.0 Å². The first-order chi connectivity index (χ1) is 7.63. The summed E-state index contributed by atoms with van der Waals surface area (Å²) in [5, 5.41) is 0. The van der Waals surface area contributed by atoms with Gasteiger partial charge in [-0.15, -0.1) is 0 Å². The van der Waals surface area contributed by atoms with Gasteiger partial charge in [-0.25, -0.2) is 0 Å². The molecule has 90 valence electrons. The Morgan fingerprint density at radius 1 is 1.19 bits per heavy atom. The normalized spacial score (nSPS) is 29.1. The summed E-state index contributed by atoms with van der Waals surface area (Å²) in [6.07, 6.45) is 0.371. The minimum atomic E-state index is -0.193. The van der Waals surface area contributed by atoms with Crippen molar-refractivity contribution in [3.8, 4) is 0 Å². The van der Waals surface area contributed by atoms with E-state index in [0.717, 1.165) is 26.2 Å². The Morgan fingerprint density at radius 2 is 1.81 bits per heavy atom. The first-order valence-electron chi connectivity index (χ1n) is 5.90. The molecule has 2 amide bonds. The Hall–Kier alpha value is -0.940. The number of hydrogen-bond acceptors (Lipinski definition) is 4. The maximum absolute atomic E-state index is 12.0. The fourth-order valence-corrected chi connectivity index (χ4v) is 2.42. The highest BCUT2D eigenvalue weighted by molar-refractivity contribution is 6.05. The third-order valence-corrected chi connectivity index (χ3v) is 3.51. The molecule has 5 heteroatoms. The smallest absolute Gasteiger partial charge is 0.247 e. The van der Waals surface area contributed by atoms with Crippen LogP contribution in [0.1, 0.15) is 13.3 Å². The van der Waals surface area contributed by atoms with Gasteiger partial charge >= 0.3 is 0 Å². The molecule has 0 N–H and O–H groups in total. The molecule has 0 spiro atoms. The molecule has 2 fully saturated rings. The third kappa shape index (κ3) is 1.97. The summed E-state index contributed by atoms with van der Waals surface area (Å²) >= 11 is 0. The van der Waals surface area contributed by atoms with Gasteiger partial charge in [0.05, 0.1) is 12.5 Å². The van der Waals surface area contributed by atoms with Crippen LogP contribution in [0, 0.1) is 0 Å². The molecule has 16 heavy (non-hydrogen) atoms. The number of rotatable bonds is 2. The molecule has 0 saturated carbocycles. The van der Waals surface area contributed by atoms with E-state index in [1.165, 1.54) is 4.90 Å². The molecule has 0 radical (unpaired) electrons. The summed E-state index contributed by atoms with van der Waals surface area (Å²) in [6.45, 7) is 6.08. The number of carbonyl (C=O) groups is 2. The van der Waals surface area contributed by atoms with Crippen LogP contribution in [0.5, 0.6) is 0 Å². The zero-order chi connectivity index (χ0) is 11.7. The zero-order valence-electron chi connectivity index (χ0n) is 9.98. The van der Waals surface area contributed by atoms with Gasteiger partial charge in [0, 0.05) is 32.7 Å². The van der Waals surface area contributed by atoms with Crippen LogP contribution in [0.2, 0.25) is 0 Å². The van der Waals surface area contributed by atoms with Crippen LogP contribution in [-0.4, -0.2) is 72.3 Å². The quantitative estimate of drug-likeness (QED) is 0.588. The van der Waals surface area contributed by atoms with Crippen LogP contribution < -0.4 is 0 Å². The zero-order valence-corrected chi connectivity index (χ0v) is 9.98. The van der Waals surface area contributed by atoms with Crippen molar-refractivity contribution in [3.05, 3.63) is 0 Å². The van der Waals surface area contributed by atoms with Gasteiger partial charge in [0.15, 0.2) is 0 Å². The summed E-state index contributed by atoms with van der Waals surface area (Å²) in [7, 11) is 2.08. The Labute approximate surface area is 96.0 Å². The van der Waals surface area contributed by atoms with Gasteiger partial charge in [-0.05, 0) is 14.0 Å². The third-order valence-electron chi connectivity index (χ3n) is 3.51. The molecule has 1 unspecified atom stereocenters. The lowest BCUT2D eigenvalue weighted by atomic mass is 10.2. The van der Waals surface area contributed by atoms with Crippen LogP contribution in [-0.2, 0) is 9.59 Å². The van der Waals surface area contributed by atoms with Crippen LogP contribution in [0.15, 0.2) is 0 Å². The number of carbonyl (C=O) groups excluding carboxylic acids is 2. The minimum Gasteiger partial charge on any atom is -0.304 e. The monoisotopic (exact) mass is 225 g/mol. The Morgan fingerprint density at radius 3 is 2.31 bits per heavy atom. The first-order valence-corrected chi connectivity index (χ1v) is 5.90. The molecule has 5 nitrogen and oxygen atoms in total. The fourth-order valence-electron chi connectivity index (χ4n) is 2.42.